The Morgan fingerprint density at radius 2 is 1.65 bits per heavy atom. The van der Waals surface area contributed by atoms with Crippen molar-refractivity contribution in [1.82, 2.24) is 5.43 Å². The molecule has 3 rings (SSSR count). The second-order valence-corrected chi connectivity index (χ2v) is 7.67. The largest absolute Gasteiger partial charge is 0.493 e. The molecule has 0 radical (unpaired) electrons. The number of rotatable bonds is 7. The molecule has 2 N–H and O–H groups in total. The molecule has 0 unspecified atom stereocenters. The van der Waals surface area contributed by atoms with Crippen LogP contribution in [0.1, 0.15) is 29.2 Å². The SMILES string of the molecule is COc1cc(/C(C)=N/NC(=O)C(=O)Nc2ccc(C)c(C)c2)ccc1OCc1ccc(F)cc1. The Kier molecular flexibility index (Phi) is 7.97. The number of hydrazone groups is 1. The lowest BCUT2D eigenvalue weighted by Crippen LogP contribution is -2.33. The van der Waals surface area contributed by atoms with Gasteiger partial charge in [-0.2, -0.15) is 5.10 Å². The fourth-order valence-corrected chi connectivity index (χ4v) is 3.01. The minimum absolute atomic E-state index is 0.245. The molecule has 0 fully saturated rings. The lowest BCUT2D eigenvalue weighted by Gasteiger charge is -2.12. The molecule has 176 valence electrons. The first-order chi connectivity index (χ1) is 16.3. The molecule has 0 aliphatic heterocycles. The summed E-state index contributed by atoms with van der Waals surface area (Å²) in [6.45, 7) is 5.82. The van der Waals surface area contributed by atoms with Crippen LogP contribution in [-0.4, -0.2) is 24.6 Å². The van der Waals surface area contributed by atoms with Crippen LogP contribution in [-0.2, 0) is 16.2 Å². The summed E-state index contributed by atoms with van der Waals surface area (Å²) in [5.41, 5.74) is 6.84. The third-order valence-electron chi connectivity index (χ3n) is 5.19. The monoisotopic (exact) mass is 463 g/mol. The van der Waals surface area contributed by atoms with Gasteiger partial charge in [0, 0.05) is 11.3 Å². The zero-order valence-corrected chi connectivity index (χ0v) is 19.4. The number of halogens is 1. The third kappa shape index (κ3) is 6.41. The van der Waals surface area contributed by atoms with Crippen molar-refractivity contribution in [1.29, 1.82) is 0 Å². The molecule has 0 bridgehead atoms. The van der Waals surface area contributed by atoms with E-state index in [2.05, 4.69) is 15.8 Å². The average molecular weight is 464 g/mol. The van der Waals surface area contributed by atoms with E-state index in [0.717, 1.165) is 16.7 Å². The van der Waals surface area contributed by atoms with Crippen LogP contribution in [0.5, 0.6) is 11.5 Å². The molecule has 0 saturated carbocycles. The highest BCUT2D eigenvalue weighted by atomic mass is 19.1. The van der Waals surface area contributed by atoms with Crippen LogP contribution in [0.25, 0.3) is 0 Å². The van der Waals surface area contributed by atoms with Crippen molar-refractivity contribution >= 4 is 23.2 Å². The molecule has 3 aromatic carbocycles. The standard InChI is InChI=1S/C26H26FN3O4/c1-16-5-11-22(13-17(16)2)28-25(31)26(32)30-29-18(3)20-8-12-23(24(14-20)33-4)34-15-19-6-9-21(27)10-7-19/h5-14H,15H2,1-4H3,(H,28,31)(H,30,32)/b29-18+. The first-order valence-corrected chi connectivity index (χ1v) is 10.6. The van der Waals surface area contributed by atoms with E-state index in [-0.39, 0.29) is 12.4 Å². The van der Waals surface area contributed by atoms with Crippen LogP contribution < -0.4 is 20.2 Å². The van der Waals surface area contributed by atoms with Crippen molar-refractivity contribution in [3.63, 3.8) is 0 Å². The number of amides is 2. The number of carbonyl (C=O) groups excluding carboxylic acids is 2. The molecule has 0 spiro atoms. The molecule has 8 heteroatoms. The van der Waals surface area contributed by atoms with E-state index < -0.39 is 11.8 Å². The number of nitrogens with one attached hydrogen (secondary N) is 2. The Hall–Kier alpha value is -4.20. The predicted octanol–water partition coefficient (Wildman–Crippen LogP) is 4.51. The Morgan fingerprint density at radius 1 is 0.912 bits per heavy atom. The van der Waals surface area contributed by atoms with Crippen LogP contribution in [0.15, 0.2) is 65.8 Å². The van der Waals surface area contributed by atoms with Crippen molar-refractivity contribution in [2.45, 2.75) is 27.4 Å². The molecule has 0 saturated heterocycles. The van der Waals surface area contributed by atoms with Gasteiger partial charge in [-0.1, -0.05) is 18.2 Å². The van der Waals surface area contributed by atoms with Crippen LogP contribution in [0.4, 0.5) is 10.1 Å². The number of benzene rings is 3. The fourth-order valence-electron chi connectivity index (χ4n) is 3.01. The number of hydrogen-bond acceptors (Lipinski definition) is 5. The quantitative estimate of drug-likeness (QED) is 0.307. The van der Waals surface area contributed by atoms with Crippen LogP contribution in [0.3, 0.4) is 0 Å². The summed E-state index contributed by atoms with van der Waals surface area (Å²) in [6, 6.07) is 16.6. The lowest BCUT2D eigenvalue weighted by atomic mass is 10.1. The summed E-state index contributed by atoms with van der Waals surface area (Å²) in [6.07, 6.45) is 0. The average Bonchev–Trinajstić information content (AvgIpc) is 2.84. The van der Waals surface area contributed by atoms with Gasteiger partial charge in [-0.05, 0) is 79.9 Å². The van der Waals surface area contributed by atoms with E-state index >= 15 is 0 Å². The van der Waals surface area contributed by atoms with Crippen LogP contribution in [0.2, 0.25) is 0 Å². The highest BCUT2D eigenvalue weighted by Gasteiger charge is 2.14. The molecule has 0 aromatic heterocycles. The maximum absolute atomic E-state index is 13.1. The number of anilines is 1. The summed E-state index contributed by atoms with van der Waals surface area (Å²) >= 11 is 0. The highest BCUT2D eigenvalue weighted by Crippen LogP contribution is 2.29. The third-order valence-corrected chi connectivity index (χ3v) is 5.19. The maximum Gasteiger partial charge on any atom is 0.329 e. The zero-order valence-electron chi connectivity index (χ0n) is 19.4. The van der Waals surface area contributed by atoms with Gasteiger partial charge in [-0.3, -0.25) is 9.59 Å². The molecule has 0 aliphatic rings. The number of nitrogens with zero attached hydrogens (tertiary/aromatic N) is 1. The van der Waals surface area contributed by atoms with E-state index in [4.69, 9.17) is 9.47 Å². The van der Waals surface area contributed by atoms with Crippen LogP contribution >= 0.6 is 0 Å². The van der Waals surface area contributed by atoms with Crippen molar-refractivity contribution in [3.8, 4) is 11.5 Å². The summed E-state index contributed by atoms with van der Waals surface area (Å²) < 4.78 is 24.2. The van der Waals surface area contributed by atoms with Gasteiger partial charge >= 0.3 is 11.8 Å². The Bertz CT molecular complexity index is 1220. The minimum atomic E-state index is -0.885. The molecule has 0 heterocycles. The fraction of sp³-hybridized carbons (Fsp3) is 0.192. The Labute approximate surface area is 197 Å². The van der Waals surface area contributed by atoms with Crippen molar-refractivity contribution in [2.24, 2.45) is 5.10 Å². The lowest BCUT2D eigenvalue weighted by molar-refractivity contribution is -0.136. The minimum Gasteiger partial charge on any atom is -0.493 e. The first kappa shape index (κ1) is 24.4. The van der Waals surface area contributed by atoms with E-state index in [0.29, 0.717) is 28.5 Å². The number of methoxy groups -OCH3 is 1. The van der Waals surface area contributed by atoms with Gasteiger partial charge in [0.2, 0.25) is 0 Å². The molecule has 34 heavy (non-hydrogen) atoms. The number of ether oxygens (including phenoxy) is 2. The molecular formula is C26H26FN3O4. The molecule has 2 amide bonds. The van der Waals surface area contributed by atoms with Gasteiger partial charge in [-0.25, -0.2) is 9.82 Å². The van der Waals surface area contributed by atoms with Gasteiger partial charge in [0.15, 0.2) is 11.5 Å². The van der Waals surface area contributed by atoms with Gasteiger partial charge in [0.25, 0.3) is 0 Å². The van der Waals surface area contributed by atoms with E-state index in [1.807, 2.05) is 19.9 Å². The Morgan fingerprint density at radius 3 is 2.32 bits per heavy atom. The van der Waals surface area contributed by atoms with E-state index in [1.54, 1.807) is 49.4 Å². The molecule has 0 aliphatic carbocycles. The molecule has 0 atom stereocenters. The second kappa shape index (κ2) is 11.1. The Balaban J connectivity index is 1.62. The summed E-state index contributed by atoms with van der Waals surface area (Å²) in [5.74, 6) is -1.05. The molecular weight excluding hydrogens is 437 g/mol. The van der Waals surface area contributed by atoms with E-state index in [1.165, 1.54) is 19.2 Å². The van der Waals surface area contributed by atoms with Gasteiger partial charge in [0.1, 0.15) is 12.4 Å². The summed E-state index contributed by atoms with van der Waals surface area (Å²) in [4.78, 5) is 24.3. The topological polar surface area (TPSA) is 89.0 Å². The summed E-state index contributed by atoms with van der Waals surface area (Å²) in [5, 5.41) is 6.57. The van der Waals surface area contributed by atoms with Crippen molar-refractivity contribution in [2.75, 3.05) is 12.4 Å². The number of aryl methyl sites for hydroxylation is 2. The second-order valence-electron chi connectivity index (χ2n) is 7.67. The number of carbonyl (C=O) groups is 2. The zero-order chi connectivity index (χ0) is 24.7. The maximum atomic E-state index is 13.1. The molecule has 7 nitrogen and oxygen atoms in total. The smallest absolute Gasteiger partial charge is 0.329 e. The summed E-state index contributed by atoms with van der Waals surface area (Å²) in [7, 11) is 1.51. The number of hydrogen-bond donors (Lipinski definition) is 2. The normalized spacial score (nSPS) is 11.0. The van der Waals surface area contributed by atoms with Crippen molar-refractivity contribution < 1.29 is 23.5 Å². The van der Waals surface area contributed by atoms with Crippen molar-refractivity contribution in [3.05, 3.63) is 88.7 Å². The predicted molar refractivity (Wildman–Crippen MR) is 129 cm³/mol. The van der Waals surface area contributed by atoms with E-state index in [9.17, 15) is 14.0 Å². The van der Waals surface area contributed by atoms with Gasteiger partial charge in [-0.15, -0.1) is 0 Å². The highest BCUT2D eigenvalue weighted by molar-refractivity contribution is 6.39. The van der Waals surface area contributed by atoms with Gasteiger partial charge in [0.05, 0.1) is 12.8 Å². The van der Waals surface area contributed by atoms with Crippen LogP contribution in [0, 0.1) is 19.7 Å². The molecule has 3 aromatic rings. The first-order valence-electron chi connectivity index (χ1n) is 10.6. The van der Waals surface area contributed by atoms with Gasteiger partial charge < -0.3 is 14.8 Å².